The van der Waals surface area contributed by atoms with Gasteiger partial charge in [0.25, 0.3) is 0 Å². The van der Waals surface area contributed by atoms with E-state index in [2.05, 4.69) is 409 Å². The number of halogens is 4. The number of ether oxygens (including phenoxy) is 2. The van der Waals surface area contributed by atoms with Crippen molar-refractivity contribution in [2.75, 3.05) is 0 Å². The van der Waals surface area contributed by atoms with Crippen molar-refractivity contribution in [3.05, 3.63) is 361 Å². The van der Waals surface area contributed by atoms with Gasteiger partial charge in [-0.25, -0.2) is 9.97 Å². The fourth-order valence-electron chi connectivity index (χ4n) is 16.4. The van der Waals surface area contributed by atoms with Crippen molar-refractivity contribution in [3.63, 3.8) is 0 Å². The Bertz CT molecular complexity index is 5460. The molecule has 0 N–H and O–H groups in total. The van der Waals surface area contributed by atoms with Gasteiger partial charge in [-0.1, -0.05) is 340 Å². The van der Waals surface area contributed by atoms with Crippen LogP contribution in [-0.2, 0) is 33.0 Å². The zero-order chi connectivity index (χ0) is 88.9. The third kappa shape index (κ3) is 23.8. The minimum Gasteiger partial charge on any atom is 2.00 e. The molecule has 0 saturated heterocycles. The van der Waals surface area contributed by atoms with Gasteiger partial charge in [0, 0.05) is 83.6 Å². The first-order valence-electron chi connectivity index (χ1n) is 43.3. The van der Waals surface area contributed by atoms with Gasteiger partial charge in [-0.05, 0) is 162 Å². The van der Waals surface area contributed by atoms with Crippen molar-refractivity contribution in [2.24, 2.45) is 0 Å². The van der Waals surface area contributed by atoms with Gasteiger partial charge in [0.15, 0.2) is 0 Å². The fraction of sp³-hybridized carbons (Fsp3) is 0.222. The average Bonchev–Trinajstić information content (AvgIpc) is 1.50. The Morgan fingerprint density at radius 3 is 0.714 bits per heavy atom. The molecule has 0 aliphatic heterocycles. The molecule has 0 spiro atoms. The van der Waals surface area contributed by atoms with E-state index in [9.17, 15) is 0 Å². The Morgan fingerprint density at radius 1 is 0.262 bits per heavy atom. The van der Waals surface area contributed by atoms with Crippen LogP contribution in [0.25, 0.3) is 113 Å². The van der Waals surface area contributed by atoms with Gasteiger partial charge >= 0.3 is 134 Å². The van der Waals surface area contributed by atoms with Crippen LogP contribution in [0.2, 0.25) is 0 Å². The van der Waals surface area contributed by atoms with Gasteiger partial charge < -0.3 is 18.6 Å². The molecule has 0 aliphatic carbocycles. The summed E-state index contributed by atoms with van der Waals surface area (Å²) in [6, 6.07) is 97.3. The maximum Gasteiger partial charge on any atom is 2.00 e. The zero-order valence-corrected chi connectivity index (χ0v) is 88.8. The van der Waals surface area contributed by atoms with Crippen molar-refractivity contribution in [2.45, 2.75) is 158 Å². The predicted molar refractivity (Wildman–Crippen MR) is 523 cm³/mol. The van der Waals surface area contributed by atoms with Crippen LogP contribution in [0.5, 0.6) is 23.0 Å². The molecule has 0 unspecified atom stereocenters. The van der Waals surface area contributed by atoms with Gasteiger partial charge in [-0.2, -0.15) is 0 Å². The largest absolute Gasteiger partial charge is 2.00 e. The van der Waals surface area contributed by atoms with Crippen LogP contribution in [0.15, 0.2) is 304 Å². The number of imidazole rings is 4. The quantitative estimate of drug-likeness (QED) is 0.0442. The molecule has 0 radical (unpaired) electrons. The first-order valence-corrected chi connectivity index (χ1v) is 70.6. The Kier molecular flexibility index (Phi) is 35.1. The molecule has 0 bridgehead atoms. The van der Waals surface area contributed by atoms with Crippen LogP contribution in [0.4, 0.5) is 0 Å². The zero-order valence-electron chi connectivity index (χ0n) is 75.0. The van der Waals surface area contributed by atoms with E-state index in [0.29, 0.717) is 58.8 Å². The molecule has 4 aromatic heterocycles. The van der Waals surface area contributed by atoms with Gasteiger partial charge in [-0.15, -0.1) is 23.3 Å². The minimum atomic E-state index is -3.06. The van der Waals surface area contributed by atoms with E-state index >= 15 is 0 Å². The molecule has 18 heteroatoms. The van der Waals surface area contributed by atoms with E-state index in [4.69, 9.17) is 67.1 Å². The molecule has 10 nitrogen and oxygen atoms in total. The standard InChI is InChI=1S/C54H54N4O.C54H52N4O.4ClH.2K.2Pt/c2*1-35(2)47-21-15-22-48(36(3)4)51(47)57-27-25-55-53(57)43-29-41(39-17-11-9-12-18-39)31-45(33-43)59-46-32-42(40-19-13-10-14-20-40)30-44(34-46)54-56-26-28-58(54)52-49(37(5)6)23-16-24-50(52)38(7)8;;;;;;;;/h9-38H,1-8H3;9-32,35-38H,1-8H3;4*1H;;;;/q;-2;;;;;;;+2;+4/p-4. The predicted octanol–water partition coefficient (Wildman–Crippen LogP) is 31.6. The molecular formula is C108H106Cl4K2N8O2Pt2. The molecule has 0 atom stereocenters. The van der Waals surface area contributed by atoms with E-state index < -0.39 is 11.9 Å². The number of rotatable bonds is 24. The monoisotopic (exact) mass is 2150 g/mol. The summed E-state index contributed by atoms with van der Waals surface area (Å²) in [5.74, 6) is 8.59. The Balaban J connectivity index is 0.000000212. The average molecular weight is 2160 g/mol. The van der Waals surface area contributed by atoms with Crippen molar-refractivity contribution in [1.82, 2.24) is 38.2 Å². The molecule has 4 heterocycles. The molecular weight excluding hydrogens is 2050 g/mol. The minimum absolute atomic E-state index is 0. The van der Waals surface area contributed by atoms with Crippen LogP contribution in [0, 0.1) is 12.1 Å². The number of para-hydroxylation sites is 4. The van der Waals surface area contributed by atoms with Crippen LogP contribution < -0.4 is 9.47 Å². The van der Waals surface area contributed by atoms with Crippen LogP contribution in [-0.4, -0.2) is 101 Å². The van der Waals surface area contributed by atoms with Crippen molar-refractivity contribution in [1.29, 1.82) is 0 Å². The summed E-state index contributed by atoms with van der Waals surface area (Å²) in [5.41, 5.74) is 27.1. The second kappa shape index (κ2) is 45.1. The smallest absolute Gasteiger partial charge is 2.00 e. The van der Waals surface area contributed by atoms with Crippen LogP contribution >= 0.6 is 37.7 Å². The summed E-state index contributed by atoms with van der Waals surface area (Å²) in [7, 11) is 20.0. The maximum absolute atomic E-state index is 7.05. The molecule has 16 rings (SSSR count). The molecule has 640 valence electrons. The van der Waals surface area contributed by atoms with Gasteiger partial charge in [0.05, 0.1) is 23.0 Å². The summed E-state index contributed by atoms with van der Waals surface area (Å²) >= 11 is -0.556. The number of nitrogens with zero attached hydrogens (tertiary/aromatic N) is 8. The molecule has 126 heavy (non-hydrogen) atoms. The number of aromatic nitrogens is 8. The number of hydrogen-bond acceptors (Lipinski definition) is 6. The molecule has 0 fully saturated rings. The summed E-state index contributed by atoms with van der Waals surface area (Å²) in [5, 5.41) is 0. The van der Waals surface area contributed by atoms with Crippen LogP contribution in [0.3, 0.4) is 0 Å². The van der Waals surface area contributed by atoms with Crippen LogP contribution in [0.1, 0.15) is 203 Å². The number of benzene rings is 12. The van der Waals surface area contributed by atoms with E-state index in [1.165, 1.54) is 130 Å². The van der Waals surface area contributed by atoms with Crippen molar-refractivity contribution in [3.8, 4) is 136 Å². The summed E-state index contributed by atoms with van der Waals surface area (Å²) in [6.45, 7) is 36.1. The fourth-order valence-corrected chi connectivity index (χ4v) is 16.4. The molecule has 0 saturated carbocycles. The van der Waals surface area contributed by atoms with Gasteiger partial charge in [0.1, 0.15) is 23.1 Å². The first kappa shape index (κ1) is 97.9. The second-order valence-electron chi connectivity index (χ2n) is 33.6. The normalized spacial score (nSPS) is 11.6. The number of hydrogen-bond donors (Lipinski definition) is 0. The second-order valence-corrected chi connectivity index (χ2v) is 53.3. The third-order valence-corrected chi connectivity index (χ3v) is 22.3. The van der Waals surface area contributed by atoms with Crippen molar-refractivity contribution >= 4 is 101 Å². The van der Waals surface area contributed by atoms with Crippen molar-refractivity contribution < 1.29 is 42.4 Å². The van der Waals surface area contributed by atoms with Gasteiger partial charge in [0.2, 0.25) is 0 Å². The van der Waals surface area contributed by atoms with E-state index in [0.717, 1.165) is 102 Å². The van der Waals surface area contributed by atoms with E-state index in [-0.39, 0.29) is 21.1 Å². The molecule has 12 aromatic carbocycles. The van der Waals surface area contributed by atoms with E-state index in [1.54, 1.807) is 0 Å². The summed E-state index contributed by atoms with van der Waals surface area (Å²) < 4.78 is 23.0. The Labute approximate surface area is 824 Å². The molecule has 0 amide bonds. The topological polar surface area (TPSA) is 89.7 Å². The first-order chi connectivity index (χ1) is 60.1. The van der Waals surface area contributed by atoms with Gasteiger partial charge in [-0.3, -0.25) is 19.1 Å². The summed E-state index contributed by atoms with van der Waals surface area (Å²) in [6.07, 6.45) is 15.9. The Hall–Kier alpha value is -7.11. The SMILES string of the molecule is CC(C)c1cccc(C(C)C)c1-n1ccnc1-c1[c-]c(Oc2[c-]c(-c3nccn3-c3c(C(C)C)cccc3C(C)C)cc(-c3ccccc3)c2)cc(-c2ccccc2)c1.CC(C)c1cccc(C(C)C)c1-n1ccnc1-c1cc(Oc2cc(-c3ccccc3)cc(-c3nccn3-c3c(C(C)C)cccc3C(C)C)c2)cc(-c2ccccc2)c1.[Cl][Pt]([Cl])([Cl])[Cl].[K][K].[Pt+2]. The van der Waals surface area contributed by atoms with E-state index in [1.807, 2.05) is 36.9 Å². The molecule has 0 aliphatic rings. The molecule has 16 aromatic rings. The third-order valence-electron chi connectivity index (χ3n) is 22.3. The Morgan fingerprint density at radius 2 is 0.476 bits per heavy atom. The maximum atomic E-state index is 7.05. The summed E-state index contributed by atoms with van der Waals surface area (Å²) in [4.78, 5) is 20.0.